The normalized spacial score (nSPS) is 11.2. The van der Waals surface area contributed by atoms with E-state index in [4.69, 9.17) is 51.6 Å². The van der Waals surface area contributed by atoms with Gasteiger partial charge in [0.25, 0.3) is 29.5 Å². The van der Waals surface area contributed by atoms with Gasteiger partial charge in [-0.1, -0.05) is 105 Å². The highest BCUT2D eigenvalue weighted by molar-refractivity contribution is 6.18. The van der Waals surface area contributed by atoms with Gasteiger partial charge in [-0.05, 0) is 60.7 Å². The lowest BCUT2D eigenvalue weighted by atomic mass is 10.1. The Morgan fingerprint density at radius 2 is 0.727 bits per heavy atom. The van der Waals surface area contributed by atoms with Gasteiger partial charge in [0.1, 0.15) is 46.8 Å². The summed E-state index contributed by atoms with van der Waals surface area (Å²) in [5.74, 6) is -3.35. The number of hydrogen-bond acceptors (Lipinski definition) is 16. The Balaban J connectivity index is 0.000000130. The molecule has 0 aliphatic rings. The average molecular weight is 1180 g/mol. The van der Waals surface area contributed by atoms with Gasteiger partial charge in [-0.2, -0.15) is 0 Å². The Kier molecular flexibility index (Phi) is 15.9. The van der Waals surface area contributed by atoms with Crippen molar-refractivity contribution in [3.05, 3.63) is 179 Å². The minimum absolute atomic E-state index is 0.00455. The van der Waals surface area contributed by atoms with Gasteiger partial charge in [0.05, 0.1) is 50.9 Å². The molecule has 0 saturated carbocycles. The van der Waals surface area contributed by atoms with E-state index >= 15 is 0 Å². The minimum atomic E-state index is -0.655. The third-order valence-corrected chi connectivity index (χ3v) is 14.5. The van der Waals surface area contributed by atoms with Crippen molar-refractivity contribution in [3.63, 3.8) is 0 Å². The van der Waals surface area contributed by atoms with E-state index in [0.29, 0.717) is 56.4 Å². The van der Waals surface area contributed by atoms with Crippen LogP contribution in [0.15, 0.2) is 152 Å². The van der Waals surface area contributed by atoms with Crippen LogP contribution >= 0.6 is 0 Å². The molecule has 25 nitrogen and oxygen atoms in total. The fraction of sp³-hybridized carbons (Fsp3) is 0.0952. The van der Waals surface area contributed by atoms with Gasteiger partial charge < -0.3 is 65.8 Å². The summed E-state index contributed by atoms with van der Waals surface area (Å²) in [6.45, 7) is 4.03. The Morgan fingerprint density at radius 1 is 0.409 bits per heavy atom. The van der Waals surface area contributed by atoms with Crippen LogP contribution in [0.25, 0.3) is 87.7 Å². The number of fused-ring (bicyclic) bond motifs is 12. The van der Waals surface area contributed by atoms with Gasteiger partial charge in [0.2, 0.25) is 11.8 Å². The average Bonchev–Trinajstić information content (AvgIpc) is 1.69. The monoisotopic (exact) mass is 1180 g/mol. The van der Waals surface area contributed by atoms with Crippen molar-refractivity contribution in [3.8, 4) is 0 Å². The largest absolute Gasteiger partial charge is 0.395 e. The molecule has 0 aliphatic heterocycles. The van der Waals surface area contributed by atoms with Gasteiger partial charge in [-0.25, -0.2) is 19.9 Å². The Labute approximate surface area is 497 Å². The lowest BCUT2D eigenvalue weighted by Gasteiger charge is -2.08. The Hall–Kier alpha value is -12.3. The first-order valence-corrected chi connectivity index (χ1v) is 27.1. The van der Waals surface area contributed by atoms with E-state index in [9.17, 15) is 38.7 Å². The van der Waals surface area contributed by atoms with Crippen molar-refractivity contribution in [2.45, 2.75) is 26.9 Å². The molecule has 442 valence electrons. The van der Waals surface area contributed by atoms with Crippen LogP contribution < -0.4 is 51.6 Å². The second kappa shape index (κ2) is 23.8. The van der Waals surface area contributed by atoms with Crippen LogP contribution in [0.5, 0.6) is 0 Å². The van der Waals surface area contributed by atoms with Crippen molar-refractivity contribution < 1.29 is 38.7 Å². The highest BCUT2D eigenvalue weighted by Crippen LogP contribution is 2.35. The summed E-state index contributed by atoms with van der Waals surface area (Å²) in [6, 6.07) is 45.3. The third-order valence-electron chi connectivity index (χ3n) is 14.5. The van der Waals surface area contributed by atoms with Crippen LogP contribution in [0.2, 0.25) is 0 Å². The second-order valence-corrected chi connectivity index (χ2v) is 20.5. The molecule has 0 aliphatic carbocycles. The molecule has 0 radical (unpaired) electrons. The van der Waals surface area contributed by atoms with Crippen LogP contribution in [0.3, 0.4) is 0 Å². The van der Waals surface area contributed by atoms with Gasteiger partial charge >= 0.3 is 0 Å². The second-order valence-electron chi connectivity index (χ2n) is 20.5. The predicted octanol–water partition coefficient (Wildman–Crippen LogP) is 5.94. The number of para-hydroxylation sites is 4. The minimum Gasteiger partial charge on any atom is -0.395 e. The summed E-state index contributed by atoms with van der Waals surface area (Å²) >= 11 is 0. The number of nitrogens with zero attached hydrogens (tertiary/aromatic N) is 8. The van der Waals surface area contributed by atoms with Crippen molar-refractivity contribution in [2.24, 2.45) is 34.6 Å². The molecule has 13 rings (SSSR count). The molecule has 0 bridgehead atoms. The summed E-state index contributed by atoms with van der Waals surface area (Å²) in [4.78, 5) is 99.8. The van der Waals surface area contributed by atoms with Crippen molar-refractivity contribution in [2.75, 3.05) is 29.5 Å². The van der Waals surface area contributed by atoms with Crippen molar-refractivity contribution in [1.82, 2.24) is 38.2 Å². The topological polar surface area (TPSA) is 445 Å². The van der Waals surface area contributed by atoms with Gasteiger partial charge in [-0.3, -0.25) is 42.7 Å². The molecule has 13 aromatic rings. The summed E-state index contributed by atoms with van der Waals surface area (Å²) in [7, 11) is 0. The van der Waals surface area contributed by atoms with Crippen molar-refractivity contribution >= 4 is 152 Å². The zero-order valence-electron chi connectivity index (χ0n) is 47.2. The number of aliphatic hydroxyl groups excluding tert-OH is 1. The van der Waals surface area contributed by atoms with E-state index in [2.05, 4.69) is 19.9 Å². The molecule has 25 heteroatoms. The SMILES string of the molecule is CC(C)C(=O)n1c2ccccc2c2cc(C(N)=O)c(N)nc21.NC(=O)Cn1c2ccccc2c2cc(C(N)=O)c(N)nc21.NC(=O)c1cc2c3ccccc3n(C(=O)c3ccccc3)c2nc1N.NC(=O)c1cc2c3ccccc3n(CCO)c2nc1N. The molecular formula is C63H57N17O8. The Morgan fingerprint density at radius 3 is 1.11 bits per heavy atom. The molecule has 0 saturated heterocycles. The van der Waals surface area contributed by atoms with Crippen molar-refractivity contribution in [1.29, 1.82) is 0 Å². The smallest absolute Gasteiger partial charge is 0.264 e. The Bertz CT molecular complexity index is 5040. The molecule has 0 fully saturated rings. The number of amides is 5. The molecule has 0 spiro atoms. The predicted molar refractivity (Wildman–Crippen MR) is 339 cm³/mol. The van der Waals surface area contributed by atoms with Gasteiger partial charge in [0.15, 0.2) is 5.65 Å². The molecule has 8 aromatic heterocycles. The standard InChI is InChI=1S/C19H14N4O2.C16H16N4O2.C14H13N5O2.C14H14N4O2/c20-16-14(17(21)24)10-13-12-8-4-5-9-15(12)23(18(13)22-16)19(25)11-6-2-1-3-7-11;1-8(2)16(22)20-12-6-4-3-5-9(12)10-7-11(14(18)21)13(17)19-15(10)20;15-11(20)6-19-10-4-2-1-3-7(10)8-5-9(13(17)21)12(16)18-14(8)19;15-12-10(13(16)20)7-9-8-3-1-2-4-11(8)18(5-6-19)14(9)17-12/h1-10H,(H2,20,22)(H2,21,24);3-8H,1-2H3,(H2,17,19)(H2,18,21);1-5H,6H2,(H2,15,20)(H2,16,18)(H2,17,21);1-4,7,19H,5-6H2,(H2,15,17)(H2,16,20). The van der Waals surface area contributed by atoms with E-state index in [-0.39, 0.29) is 76.4 Å². The number of rotatable bonds is 10. The number of aliphatic hydroxyl groups is 1. The molecule has 5 aromatic carbocycles. The fourth-order valence-corrected chi connectivity index (χ4v) is 10.6. The molecule has 88 heavy (non-hydrogen) atoms. The number of pyridine rings is 4. The molecule has 5 amide bonds. The highest BCUT2D eigenvalue weighted by atomic mass is 16.3. The highest BCUT2D eigenvalue weighted by Gasteiger charge is 2.24. The lowest BCUT2D eigenvalue weighted by molar-refractivity contribution is -0.118. The number of hydrogen-bond donors (Lipinski definition) is 10. The van der Waals surface area contributed by atoms with E-state index in [0.717, 1.165) is 43.5 Å². The molecule has 8 heterocycles. The molecule has 19 N–H and O–H groups in total. The quantitative estimate of drug-likeness (QED) is 0.0756. The first kappa shape index (κ1) is 58.9. The lowest BCUT2D eigenvalue weighted by Crippen LogP contribution is -2.19. The maximum absolute atomic E-state index is 13.1. The number of benzene rings is 5. The third kappa shape index (κ3) is 10.7. The summed E-state index contributed by atoms with van der Waals surface area (Å²) < 4.78 is 6.62. The van der Waals surface area contributed by atoms with Crippen LogP contribution in [0.1, 0.15) is 70.4 Å². The summed E-state index contributed by atoms with van der Waals surface area (Å²) in [5, 5.41) is 15.5. The van der Waals surface area contributed by atoms with E-state index in [1.807, 2.05) is 122 Å². The first-order chi connectivity index (χ1) is 42.1. The van der Waals surface area contributed by atoms with Crippen LogP contribution in [0, 0.1) is 5.92 Å². The van der Waals surface area contributed by atoms with Crippen LogP contribution in [0.4, 0.5) is 23.3 Å². The maximum Gasteiger partial charge on any atom is 0.264 e. The number of primary amides is 5. The number of nitrogen functional groups attached to an aromatic ring is 4. The first-order valence-electron chi connectivity index (χ1n) is 27.1. The zero-order chi connectivity index (χ0) is 63.0. The van der Waals surface area contributed by atoms with Crippen LogP contribution in [-0.2, 0) is 17.9 Å². The van der Waals surface area contributed by atoms with Gasteiger partial charge in [0, 0.05) is 61.1 Å². The number of anilines is 4. The number of carbonyl (C=O) groups excluding carboxylic acids is 7. The van der Waals surface area contributed by atoms with E-state index in [1.165, 1.54) is 4.57 Å². The summed E-state index contributed by atoms with van der Waals surface area (Å²) in [5.41, 5.74) is 56.2. The summed E-state index contributed by atoms with van der Waals surface area (Å²) in [6.07, 6.45) is 0. The molecule has 0 atom stereocenters. The molecular weight excluding hydrogens is 1120 g/mol. The number of aromatic nitrogens is 8. The van der Waals surface area contributed by atoms with Crippen LogP contribution in [-0.4, -0.2) is 91.3 Å². The maximum atomic E-state index is 13.1. The number of nitrogens with two attached hydrogens (primary N) is 9. The zero-order valence-corrected chi connectivity index (χ0v) is 47.2. The number of carbonyl (C=O) groups is 7. The fourth-order valence-electron chi connectivity index (χ4n) is 10.6. The van der Waals surface area contributed by atoms with Gasteiger partial charge in [-0.15, -0.1) is 0 Å². The molecule has 0 unspecified atom stereocenters. The van der Waals surface area contributed by atoms with E-state index < -0.39 is 29.5 Å². The van der Waals surface area contributed by atoms with E-state index in [1.54, 1.807) is 57.7 Å².